The summed E-state index contributed by atoms with van der Waals surface area (Å²) in [5.41, 5.74) is 5.21. The number of nitrogen functional groups attached to an aromatic ring is 1. The van der Waals surface area contributed by atoms with Gasteiger partial charge in [-0.2, -0.15) is 0 Å². The minimum Gasteiger partial charge on any atom is -0.452 e. The van der Waals surface area contributed by atoms with Gasteiger partial charge in [0.25, 0.3) is 11.6 Å². The molecule has 0 aliphatic heterocycles. The molecule has 0 bridgehead atoms. The second kappa shape index (κ2) is 7.22. The van der Waals surface area contributed by atoms with Crippen LogP contribution in [0, 0.1) is 10.1 Å². The summed E-state index contributed by atoms with van der Waals surface area (Å²) in [6.07, 6.45) is 0.748. The lowest BCUT2D eigenvalue weighted by Gasteiger charge is -2.11. The van der Waals surface area contributed by atoms with Gasteiger partial charge in [-0.15, -0.1) is 0 Å². The Balaban J connectivity index is 2.70. The number of nitro benzene ring substituents is 1. The van der Waals surface area contributed by atoms with Crippen LogP contribution in [0.15, 0.2) is 18.2 Å². The molecular formula is C13H17N3O5. The predicted molar refractivity (Wildman–Crippen MR) is 75.7 cm³/mol. The fourth-order valence-corrected chi connectivity index (χ4v) is 1.46. The molecule has 1 rings (SSSR count). The molecule has 0 radical (unpaired) electrons. The third-order valence-electron chi connectivity index (χ3n) is 2.82. The third-order valence-corrected chi connectivity index (χ3v) is 2.82. The number of nitro groups is 1. The van der Waals surface area contributed by atoms with Crippen molar-refractivity contribution in [3.05, 3.63) is 33.9 Å². The number of nitrogens with two attached hydrogens (primary N) is 1. The third kappa shape index (κ3) is 4.75. The van der Waals surface area contributed by atoms with Crippen LogP contribution in [0.1, 0.15) is 30.6 Å². The zero-order valence-electron chi connectivity index (χ0n) is 11.8. The van der Waals surface area contributed by atoms with E-state index in [2.05, 4.69) is 5.32 Å². The van der Waals surface area contributed by atoms with Gasteiger partial charge in [-0.25, -0.2) is 4.79 Å². The molecule has 3 N–H and O–H groups in total. The quantitative estimate of drug-likeness (QED) is 0.352. The number of ether oxygens (including phenoxy) is 1. The van der Waals surface area contributed by atoms with Crippen LogP contribution in [0.5, 0.6) is 0 Å². The van der Waals surface area contributed by atoms with E-state index in [0.717, 1.165) is 12.5 Å². The maximum Gasteiger partial charge on any atom is 0.341 e. The van der Waals surface area contributed by atoms with Crippen molar-refractivity contribution < 1.29 is 19.2 Å². The van der Waals surface area contributed by atoms with E-state index in [-0.39, 0.29) is 23.0 Å². The van der Waals surface area contributed by atoms with Gasteiger partial charge in [0.2, 0.25) is 0 Å². The number of carbonyl (C=O) groups excluding carboxylic acids is 2. The van der Waals surface area contributed by atoms with Crippen LogP contribution in [-0.4, -0.2) is 29.4 Å². The zero-order chi connectivity index (χ0) is 16.0. The maximum atomic E-state index is 11.8. The van der Waals surface area contributed by atoms with Crippen LogP contribution in [0.3, 0.4) is 0 Å². The summed E-state index contributed by atoms with van der Waals surface area (Å²) >= 11 is 0. The SMILES string of the molecule is CC[C@@H](C)NC(=O)COC(=O)c1cc([N+](=O)[O-])ccc1N. The Morgan fingerprint density at radius 1 is 1.48 bits per heavy atom. The van der Waals surface area contributed by atoms with Crippen molar-refractivity contribution in [1.29, 1.82) is 0 Å². The highest BCUT2D eigenvalue weighted by atomic mass is 16.6. The molecule has 1 aromatic rings. The van der Waals surface area contributed by atoms with Crippen molar-refractivity contribution in [2.45, 2.75) is 26.3 Å². The number of rotatable bonds is 6. The lowest BCUT2D eigenvalue weighted by atomic mass is 10.1. The molecule has 8 nitrogen and oxygen atoms in total. The lowest BCUT2D eigenvalue weighted by Crippen LogP contribution is -2.35. The van der Waals surface area contributed by atoms with Crippen molar-refractivity contribution in [2.75, 3.05) is 12.3 Å². The monoisotopic (exact) mass is 295 g/mol. The van der Waals surface area contributed by atoms with E-state index >= 15 is 0 Å². The number of nitrogens with zero attached hydrogens (tertiary/aromatic N) is 1. The predicted octanol–water partition coefficient (Wildman–Crippen LogP) is 1.25. The number of anilines is 1. The molecule has 1 amide bonds. The number of nitrogens with one attached hydrogen (secondary N) is 1. The normalized spacial score (nSPS) is 11.5. The molecule has 8 heteroatoms. The highest BCUT2D eigenvalue weighted by molar-refractivity contribution is 5.96. The first-order valence-corrected chi connectivity index (χ1v) is 6.35. The van der Waals surface area contributed by atoms with Gasteiger partial charge in [0.05, 0.1) is 10.5 Å². The molecule has 0 aliphatic rings. The zero-order valence-corrected chi connectivity index (χ0v) is 11.8. The molecule has 0 aliphatic carbocycles. The molecule has 1 aromatic carbocycles. The van der Waals surface area contributed by atoms with Crippen LogP contribution in [0.25, 0.3) is 0 Å². The summed E-state index contributed by atoms with van der Waals surface area (Å²) < 4.78 is 4.80. The highest BCUT2D eigenvalue weighted by Crippen LogP contribution is 2.20. The number of benzene rings is 1. The maximum absolute atomic E-state index is 11.8. The average molecular weight is 295 g/mol. The van der Waals surface area contributed by atoms with E-state index in [1.54, 1.807) is 0 Å². The molecule has 0 saturated carbocycles. The second-order valence-electron chi connectivity index (χ2n) is 4.48. The van der Waals surface area contributed by atoms with Gasteiger partial charge in [-0.05, 0) is 19.4 Å². The number of amides is 1. The average Bonchev–Trinajstić information content (AvgIpc) is 2.44. The molecule has 0 unspecified atom stereocenters. The first kappa shape index (κ1) is 16.4. The van der Waals surface area contributed by atoms with E-state index in [1.165, 1.54) is 12.1 Å². The topological polar surface area (TPSA) is 125 Å². The van der Waals surface area contributed by atoms with E-state index < -0.39 is 23.4 Å². The van der Waals surface area contributed by atoms with Gasteiger partial charge < -0.3 is 15.8 Å². The number of hydrogen-bond donors (Lipinski definition) is 2. The van der Waals surface area contributed by atoms with Gasteiger partial charge in [-0.1, -0.05) is 6.92 Å². The van der Waals surface area contributed by atoms with Crippen molar-refractivity contribution in [3.8, 4) is 0 Å². The number of hydrogen-bond acceptors (Lipinski definition) is 6. The van der Waals surface area contributed by atoms with E-state index in [1.807, 2.05) is 13.8 Å². The van der Waals surface area contributed by atoms with E-state index in [9.17, 15) is 19.7 Å². The first-order chi connectivity index (χ1) is 9.85. The summed E-state index contributed by atoms with van der Waals surface area (Å²) in [7, 11) is 0. The van der Waals surface area contributed by atoms with Crippen LogP contribution in [0.4, 0.5) is 11.4 Å². The van der Waals surface area contributed by atoms with E-state index in [4.69, 9.17) is 10.5 Å². The molecule has 21 heavy (non-hydrogen) atoms. The molecule has 0 saturated heterocycles. The van der Waals surface area contributed by atoms with Crippen LogP contribution in [0.2, 0.25) is 0 Å². The summed E-state index contributed by atoms with van der Waals surface area (Å²) in [4.78, 5) is 33.3. The van der Waals surface area contributed by atoms with Gasteiger partial charge in [0, 0.05) is 23.9 Å². The van der Waals surface area contributed by atoms with Gasteiger partial charge >= 0.3 is 5.97 Å². The Bertz CT molecular complexity index is 559. The highest BCUT2D eigenvalue weighted by Gasteiger charge is 2.17. The summed E-state index contributed by atoms with van der Waals surface area (Å²) in [6.45, 7) is 3.25. The summed E-state index contributed by atoms with van der Waals surface area (Å²) in [5.74, 6) is -1.32. The van der Waals surface area contributed by atoms with Crippen molar-refractivity contribution in [1.82, 2.24) is 5.32 Å². The second-order valence-corrected chi connectivity index (χ2v) is 4.48. The number of esters is 1. The Morgan fingerprint density at radius 3 is 2.71 bits per heavy atom. The molecule has 1 atom stereocenters. The standard InChI is InChI=1S/C13H17N3O5/c1-3-8(2)15-12(17)7-21-13(18)10-6-9(16(19)20)4-5-11(10)14/h4-6,8H,3,7,14H2,1-2H3,(H,15,17)/t8-/m1/s1. The molecular weight excluding hydrogens is 278 g/mol. The minimum absolute atomic E-state index is 0.0286. The summed E-state index contributed by atoms with van der Waals surface area (Å²) in [6, 6.07) is 3.42. The Hall–Kier alpha value is -2.64. The lowest BCUT2D eigenvalue weighted by molar-refractivity contribution is -0.384. The number of carbonyl (C=O) groups is 2. The summed E-state index contributed by atoms with van der Waals surface area (Å²) in [5, 5.41) is 13.3. The van der Waals surface area contributed by atoms with Crippen molar-refractivity contribution >= 4 is 23.3 Å². The molecule has 114 valence electrons. The molecule has 0 aromatic heterocycles. The van der Waals surface area contributed by atoms with Gasteiger partial charge in [-0.3, -0.25) is 14.9 Å². The number of non-ortho nitro benzene ring substituents is 1. The molecule has 0 heterocycles. The fraction of sp³-hybridized carbons (Fsp3) is 0.385. The molecule has 0 fully saturated rings. The Morgan fingerprint density at radius 2 is 2.14 bits per heavy atom. The van der Waals surface area contributed by atoms with Gasteiger partial charge in [0.15, 0.2) is 6.61 Å². The van der Waals surface area contributed by atoms with Crippen molar-refractivity contribution in [3.63, 3.8) is 0 Å². The van der Waals surface area contributed by atoms with Crippen molar-refractivity contribution in [2.24, 2.45) is 0 Å². The van der Waals surface area contributed by atoms with Crippen LogP contribution >= 0.6 is 0 Å². The minimum atomic E-state index is -0.879. The smallest absolute Gasteiger partial charge is 0.341 e. The van der Waals surface area contributed by atoms with Crippen LogP contribution < -0.4 is 11.1 Å². The first-order valence-electron chi connectivity index (χ1n) is 6.35. The van der Waals surface area contributed by atoms with Gasteiger partial charge in [0.1, 0.15) is 0 Å². The fourth-order valence-electron chi connectivity index (χ4n) is 1.46. The largest absolute Gasteiger partial charge is 0.452 e. The Labute approximate surface area is 121 Å². The Kier molecular flexibility index (Phi) is 5.65. The van der Waals surface area contributed by atoms with Crippen LogP contribution in [-0.2, 0) is 9.53 Å². The van der Waals surface area contributed by atoms with E-state index in [0.29, 0.717) is 0 Å². The molecule has 0 spiro atoms.